The lowest BCUT2D eigenvalue weighted by atomic mass is 10.0. The smallest absolute Gasteiger partial charge is 0.266 e. The molecule has 21 heavy (non-hydrogen) atoms. The van der Waals surface area contributed by atoms with E-state index in [0.29, 0.717) is 12.1 Å². The van der Waals surface area contributed by atoms with Gasteiger partial charge in [0, 0.05) is 13.5 Å². The molecular formula is C14H16N2O4S. The molecule has 2 atom stereocenters. The molecule has 1 saturated heterocycles. The fourth-order valence-electron chi connectivity index (χ4n) is 3.11. The van der Waals surface area contributed by atoms with Crippen molar-refractivity contribution in [3.05, 3.63) is 23.8 Å². The van der Waals surface area contributed by atoms with Gasteiger partial charge in [0.15, 0.2) is 4.87 Å². The van der Waals surface area contributed by atoms with E-state index >= 15 is 0 Å². The first kappa shape index (κ1) is 14.2. The standard InChI is InChI=1S/C14H16N2O4S/c1-15-12(19)9-6-8-4-3-5-10(18)11(8)16(9)13(20)14(15,7-17)21-2/h3-5,9,17-18H,6-7H2,1-2H3/t9?,14-/m1/s1. The number of phenolic OH excluding ortho intramolecular Hbond substituents is 1. The summed E-state index contributed by atoms with van der Waals surface area (Å²) >= 11 is 1.12. The zero-order valence-electron chi connectivity index (χ0n) is 11.7. The summed E-state index contributed by atoms with van der Waals surface area (Å²) in [6, 6.07) is 4.35. The van der Waals surface area contributed by atoms with Crippen molar-refractivity contribution in [3.8, 4) is 5.75 Å². The molecule has 2 N–H and O–H groups in total. The number of carbonyl (C=O) groups excluding carboxylic acids is 2. The second kappa shape index (κ2) is 4.64. The summed E-state index contributed by atoms with van der Waals surface area (Å²) in [4.78, 5) is 26.8. The second-order valence-electron chi connectivity index (χ2n) is 5.22. The maximum Gasteiger partial charge on any atom is 0.266 e. The predicted octanol–water partition coefficient (Wildman–Crippen LogP) is 0.173. The highest BCUT2D eigenvalue weighted by molar-refractivity contribution is 8.00. The highest BCUT2D eigenvalue weighted by Gasteiger charge is 2.57. The van der Waals surface area contributed by atoms with Gasteiger partial charge in [-0.2, -0.15) is 0 Å². The number of para-hydroxylation sites is 1. The minimum atomic E-state index is -1.34. The molecule has 0 bridgehead atoms. The van der Waals surface area contributed by atoms with Crippen molar-refractivity contribution < 1.29 is 19.8 Å². The van der Waals surface area contributed by atoms with Gasteiger partial charge >= 0.3 is 0 Å². The third-order valence-corrected chi connectivity index (χ3v) is 5.58. The van der Waals surface area contributed by atoms with Crippen molar-refractivity contribution in [2.45, 2.75) is 17.3 Å². The molecule has 2 aliphatic heterocycles. The van der Waals surface area contributed by atoms with E-state index in [1.54, 1.807) is 18.4 Å². The Bertz CT molecular complexity index is 629. The normalized spacial score (nSPS) is 27.9. The Kier molecular flexibility index (Phi) is 3.14. The Balaban J connectivity index is 2.17. The molecule has 2 aliphatic rings. The van der Waals surface area contributed by atoms with Gasteiger partial charge in [-0.25, -0.2) is 0 Å². The van der Waals surface area contributed by atoms with Crippen LogP contribution in [0.25, 0.3) is 0 Å². The maximum absolute atomic E-state index is 12.9. The first-order valence-corrected chi connectivity index (χ1v) is 7.78. The number of phenols is 1. The first-order valence-electron chi connectivity index (χ1n) is 6.56. The Morgan fingerprint density at radius 3 is 2.76 bits per heavy atom. The minimum Gasteiger partial charge on any atom is -0.506 e. The number of aromatic hydroxyl groups is 1. The van der Waals surface area contributed by atoms with E-state index in [9.17, 15) is 19.8 Å². The number of hydrogen-bond acceptors (Lipinski definition) is 5. The number of piperazine rings is 1. The van der Waals surface area contributed by atoms with E-state index in [0.717, 1.165) is 17.3 Å². The number of amides is 2. The van der Waals surface area contributed by atoms with E-state index in [1.165, 1.54) is 22.9 Å². The zero-order chi connectivity index (χ0) is 15.4. The van der Waals surface area contributed by atoms with Crippen molar-refractivity contribution >= 4 is 29.3 Å². The van der Waals surface area contributed by atoms with E-state index < -0.39 is 17.5 Å². The summed E-state index contributed by atoms with van der Waals surface area (Å²) in [5.74, 6) is -0.618. The molecule has 1 unspecified atom stereocenters. The molecule has 1 fully saturated rings. The third-order valence-electron chi connectivity index (χ3n) is 4.33. The molecule has 6 nitrogen and oxygen atoms in total. The third kappa shape index (κ3) is 1.64. The number of carbonyl (C=O) groups is 2. The number of hydrogen-bond donors (Lipinski definition) is 2. The molecule has 0 aromatic heterocycles. The van der Waals surface area contributed by atoms with E-state index in [2.05, 4.69) is 0 Å². The van der Waals surface area contributed by atoms with Crippen LogP contribution in [0.5, 0.6) is 5.75 Å². The van der Waals surface area contributed by atoms with Gasteiger partial charge < -0.3 is 15.1 Å². The maximum atomic E-state index is 12.9. The summed E-state index contributed by atoms with van der Waals surface area (Å²) in [5.41, 5.74) is 1.16. The molecule has 3 rings (SSSR count). The fraction of sp³-hybridized carbons (Fsp3) is 0.429. The van der Waals surface area contributed by atoms with Gasteiger partial charge in [-0.15, -0.1) is 11.8 Å². The summed E-state index contributed by atoms with van der Waals surface area (Å²) in [7, 11) is 1.53. The van der Waals surface area contributed by atoms with E-state index in [4.69, 9.17) is 0 Å². The number of rotatable bonds is 2. The molecule has 0 saturated carbocycles. The quantitative estimate of drug-likeness (QED) is 0.814. The predicted molar refractivity (Wildman–Crippen MR) is 79.2 cm³/mol. The minimum absolute atomic E-state index is 0.0198. The summed E-state index contributed by atoms with van der Waals surface area (Å²) in [6.45, 7) is -0.471. The molecule has 7 heteroatoms. The molecule has 2 amide bonds. The van der Waals surface area contributed by atoms with Crippen LogP contribution in [0.2, 0.25) is 0 Å². The van der Waals surface area contributed by atoms with Crippen molar-refractivity contribution in [1.82, 2.24) is 4.90 Å². The Morgan fingerprint density at radius 1 is 1.43 bits per heavy atom. The Labute approximate surface area is 126 Å². The number of nitrogens with zero attached hydrogens (tertiary/aromatic N) is 2. The molecule has 0 aliphatic carbocycles. The van der Waals surface area contributed by atoms with Crippen LogP contribution in [0.4, 0.5) is 5.69 Å². The van der Waals surface area contributed by atoms with Gasteiger partial charge in [-0.05, 0) is 17.9 Å². The number of benzene rings is 1. The SMILES string of the molecule is CS[C@]1(CO)C(=O)N2c3c(O)cccc3CC2C(=O)N1C. The highest BCUT2D eigenvalue weighted by Crippen LogP contribution is 2.46. The monoisotopic (exact) mass is 308 g/mol. The highest BCUT2D eigenvalue weighted by atomic mass is 32.2. The second-order valence-corrected chi connectivity index (χ2v) is 6.31. The van der Waals surface area contributed by atoms with Crippen molar-refractivity contribution in [2.24, 2.45) is 0 Å². The number of fused-ring (bicyclic) bond motifs is 3. The summed E-state index contributed by atoms with van der Waals surface area (Å²) in [6.07, 6.45) is 2.06. The van der Waals surface area contributed by atoms with Crippen LogP contribution >= 0.6 is 11.8 Å². The van der Waals surface area contributed by atoms with Crippen LogP contribution in [-0.4, -0.2) is 57.8 Å². The summed E-state index contributed by atoms with van der Waals surface area (Å²) < 4.78 is 0. The van der Waals surface area contributed by atoms with Crippen LogP contribution in [0, 0.1) is 0 Å². The Hall–Kier alpha value is -1.73. The van der Waals surface area contributed by atoms with Crippen LogP contribution in [0.15, 0.2) is 18.2 Å². The van der Waals surface area contributed by atoms with Crippen molar-refractivity contribution in [3.63, 3.8) is 0 Å². The van der Waals surface area contributed by atoms with Gasteiger partial charge in [-0.1, -0.05) is 12.1 Å². The lowest BCUT2D eigenvalue weighted by Crippen LogP contribution is -2.70. The average Bonchev–Trinajstić information content (AvgIpc) is 2.88. The molecule has 0 spiro atoms. The molecule has 1 aromatic rings. The lowest BCUT2D eigenvalue weighted by Gasteiger charge is -2.47. The fourth-order valence-corrected chi connectivity index (χ4v) is 3.88. The Morgan fingerprint density at radius 2 is 2.14 bits per heavy atom. The van der Waals surface area contributed by atoms with E-state index in [-0.39, 0.29) is 17.6 Å². The van der Waals surface area contributed by atoms with Gasteiger partial charge in [0.25, 0.3) is 5.91 Å². The van der Waals surface area contributed by atoms with Crippen LogP contribution in [0.3, 0.4) is 0 Å². The van der Waals surface area contributed by atoms with Crippen LogP contribution < -0.4 is 4.90 Å². The number of anilines is 1. The summed E-state index contributed by atoms with van der Waals surface area (Å²) in [5, 5.41) is 19.8. The number of thioether (sulfide) groups is 1. The van der Waals surface area contributed by atoms with Gasteiger partial charge in [0.05, 0.1) is 12.3 Å². The van der Waals surface area contributed by atoms with Crippen LogP contribution in [-0.2, 0) is 16.0 Å². The van der Waals surface area contributed by atoms with E-state index in [1.807, 2.05) is 0 Å². The van der Waals surface area contributed by atoms with Crippen molar-refractivity contribution in [1.29, 1.82) is 0 Å². The molecule has 0 radical (unpaired) electrons. The number of aliphatic hydroxyl groups is 1. The van der Waals surface area contributed by atoms with Gasteiger partial charge in [0.1, 0.15) is 11.8 Å². The van der Waals surface area contributed by atoms with Gasteiger partial charge in [-0.3, -0.25) is 14.5 Å². The number of likely N-dealkylation sites (N-methyl/N-ethyl adjacent to an activating group) is 1. The number of aliphatic hydroxyl groups excluding tert-OH is 1. The zero-order valence-corrected chi connectivity index (χ0v) is 12.6. The molecular weight excluding hydrogens is 292 g/mol. The lowest BCUT2D eigenvalue weighted by molar-refractivity contribution is -0.147. The molecule has 1 aromatic carbocycles. The van der Waals surface area contributed by atoms with Crippen molar-refractivity contribution in [2.75, 3.05) is 24.8 Å². The first-order chi connectivity index (χ1) is 9.97. The average molecular weight is 308 g/mol. The largest absolute Gasteiger partial charge is 0.506 e. The van der Waals surface area contributed by atoms with Crippen LogP contribution in [0.1, 0.15) is 5.56 Å². The van der Waals surface area contributed by atoms with Gasteiger partial charge in [0.2, 0.25) is 5.91 Å². The molecule has 112 valence electrons. The topological polar surface area (TPSA) is 81.1 Å². The molecule has 2 heterocycles.